The third-order valence-corrected chi connectivity index (χ3v) is 2.95. The molecule has 90 valence electrons. The molecule has 18 heavy (non-hydrogen) atoms. The standard InChI is InChI=1S/C16H14OS/c1-2-13-8-10-14(11-9-13)12-17-16(18)15-6-4-3-5-7-15/h2-11H,1,12H2. The molecule has 0 aliphatic heterocycles. The first-order valence-corrected chi connectivity index (χ1v) is 6.14. The molecule has 2 aromatic rings. The van der Waals surface area contributed by atoms with Gasteiger partial charge in [-0.25, -0.2) is 0 Å². The highest BCUT2D eigenvalue weighted by molar-refractivity contribution is 7.80. The Labute approximate surface area is 113 Å². The molecule has 0 amide bonds. The van der Waals surface area contributed by atoms with E-state index >= 15 is 0 Å². The fourth-order valence-electron chi connectivity index (χ4n) is 1.56. The molecule has 0 unspecified atom stereocenters. The fraction of sp³-hybridized carbons (Fsp3) is 0.0625. The smallest absolute Gasteiger partial charge is 0.191 e. The normalized spacial score (nSPS) is 9.78. The molecule has 0 radical (unpaired) electrons. The van der Waals surface area contributed by atoms with E-state index in [0.717, 1.165) is 16.7 Å². The summed E-state index contributed by atoms with van der Waals surface area (Å²) in [7, 11) is 0. The summed E-state index contributed by atoms with van der Waals surface area (Å²) in [4.78, 5) is 0. The van der Waals surface area contributed by atoms with Crippen molar-refractivity contribution in [2.24, 2.45) is 0 Å². The molecule has 0 heterocycles. The van der Waals surface area contributed by atoms with E-state index in [2.05, 4.69) is 6.58 Å². The zero-order valence-electron chi connectivity index (χ0n) is 10.0. The first-order chi connectivity index (χ1) is 8.79. The van der Waals surface area contributed by atoms with Crippen LogP contribution in [0.5, 0.6) is 0 Å². The highest BCUT2D eigenvalue weighted by Crippen LogP contribution is 2.09. The van der Waals surface area contributed by atoms with E-state index in [1.165, 1.54) is 0 Å². The van der Waals surface area contributed by atoms with Gasteiger partial charge in [-0.2, -0.15) is 0 Å². The summed E-state index contributed by atoms with van der Waals surface area (Å²) in [6, 6.07) is 17.8. The van der Waals surface area contributed by atoms with Crippen molar-refractivity contribution in [2.75, 3.05) is 0 Å². The van der Waals surface area contributed by atoms with Gasteiger partial charge in [-0.05, 0) is 23.3 Å². The summed E-state index contributed by atoms with van der Waals surface area (Å²) >= 11 is 5.23. The van der Waals surface area contributed by atoms with Gasteiger partial charge >= 0.3 is 0 Å². The molecule has 0 saturated carbocycles. The maximum atomic E-state index is 5.59. The van der Waals surface area contributed by atoms with E-state index in [4.69, 9.17) is 17.0 Å². The van der Waals surface area contributed by atoms with Crippen molar-refractivity contribution >= 4 is 23.3 Å². The van der Waals surface area contributed by atoms with Crippen LogP contribution in [0.2, 0.25) is 0 Å². The lowest BCUT2D eigenvalue weighted by atomic mass is 10.1. The van der Waals surface area contributed by atoms with E-state index in [1.807, 2.05) is 60.7 Å². The first-order valence-electron chi connectivity index (χ1n) is 5.73. The SMILES string of the molecule is C=Cc1ccc(COC(=S)c2ccccc2)cc1. The zero-order valence-corrected chi connectivity index (χ0v) is 10.8. The molecule has 0 fully saturated rings. The lowest BCUT2D eigenvalue weighted by molar-refractivity contribution is 0.302. The minimum absolute atomic E-state index is 0.491. The van der Waals surface area contributed by atoms with E-state index in [-0.39, 0.29) is 0 Å². The molecule has 0 spiro atoms. The number of benzene rings is 2. The lowest BCUT2D eigenvalue weighted by Crippen LogP contribution is -2.03. The fourth-order valence-corrected chi connectivity index (χ4v) is 1.75. The van der Waals surface area contributed by atoms with Crippen molar-refractivity contribution in [3.8, 4) is 0 Å². The molecule has 0 aliphatic carbocycles. The van der Waals surface area contributed by atoms with Crippen molar-refractivity contribution in [2.45, 2.75) is 6.61 Å². The number of hydrogen-bond donors (Lipinski definition) is 0. The van der Waals surface area contributed by atoms with Gasteiger partial charge in [0.15, 0.2) is 5.05 Å². The Balaban J connectivity index is 1.95. The van der Waals surface area contributed by atoms with Crippen LogP contribution in [0.15, 0.2) is 61.2 Å². The van der Waals surface area contributed by atoms with Gasteiger partial charge in [0.1, 0.15) is 6.61 Å². The predicted molar refractivity (Wildman–Crippen MR) is 79.5 cm³/mol. The Kier molecular flexibility index (Phi) is 4.26. The molecule has 0 saturated heterocycles. The van der Waals surface area contributed by atoms with Crippen LogP contribution in [0.1, 0.15) is 16.7 Å². The predicted octanol–water partition coefficient (Wildman–Crippen LogP) is 4.22. The third kappa shape index (κ3) is 3.28. The molecule has 1 nitrogen and oxygen atoms in total. The summed E-state index contributed by atoms with van der Waals surface area (Å²) in [5, 5.41) is 0.531. The molecular formula is C16H14OS. The van der Waals surface area contributed by atoms with Gasteiger partial charge in [0.25, 0.3) is 0 Å². The monoisotopic (exact) mass is 254 g/mol. The summed E-state index contributed by atoms with van der Waals surface area (Å²) in [5.74, 6) is 0. The second kappa shape index (κ2) is 6.12. The van der Waals surface area contributed by atoms with E-state index in [0.29, 0.717) is 11.7 Å². The molecule has 0 aliphatic rings. The summed E-state index contributed by atoms with van der Waals surface area (Å²) < 4.78 is 5.59. The van der Waals surface area contributed by atoms with Gasteiger partial charge in [0, 0.05) is 5.56 Å². The number of rotatable bonds is 4. The van der Waals surface area contributed by atoms with Crippen molar-refractivity contribution < 1.29 is 4.74 Å². The minimum Gasteiger partial charge on any atom is -0.478 e. The third-order valence-electron chi connectivity index (χ3n) is 2.59. The average Bonchev–Trinajstić information content (AvgIpc) is 2.46. The maximum Gasteiger partial charge on any atom is 0.191 e. The van der Waals surface area contributed by atoms with Crippen molar-refractivity contribution in [3.05, 3.63) is 77.9 Å². The summed E-state index contributed by atoms with van der Waals surface area (Å²) in [6.07, 6.45) is 1.82. The van der Waals surface area contributed by atoms with Crippen LogP contribution in [0.3, 0.4) is 0 Å². The Morgan fingerprint density at radius 3 is 2.33 bits per heavy atom. The Morgan fingerprint density at radius 1 is 1.06 bits per heavy atom. The van der Waals surface area contributed by atoms with Crippen LogP contribution >= 0.6 is 12.2 Å². The minimum atomic E-state index is 0.491. The van der Waals surface area contributed by atoms with Crippen LogP contribution in [-0.4, -0.2) is 5.05 Å². The number of hydrogen-bond acceptors (Lipinski definition) is 2. The van der Waals surface area contributed by atoms with E-state index in [9.17, 15) is 0 Å². The van der Waals surface area contributed by atoms with Gasteiger partial charge in [0.2, 0.25) is 0 Å². The molecule has 2 rings (SSSR count). The molecular weight excluding hydrogens is 240 g/mol. The molecule has 2 aromatic carbocycles. The van der Waals surface area contributed by atoms with Crippen molar-refractivity contribution in [1.29, 1.82) is 0 Å². The topological polar surface area (TPSA) is 9.23 Å². The molecule has 0 N–H and O–H groups in total. The highest BCUT2D eigenvalue weighted by atomic mass is 32.1. The van der Waals surface area contributed by atoms with E-state index in [1.54, 1.807) is 0 Å². The average molecular weight is 254 g/mol. The van der Waals surface area contributed by atoms with Gasteiger partial charge in [-0.1, -0.05) is 67.3 Å². The van der Waals surface area contributed by atoms with Gasteiger partial charge < -0.3 is 4.74 Å². The Bertz CT molecular complexity index is 529. The van der Waals surface area contributed by atoms with Crippen LogP contribution in [0.25, 0.3) is 6.08 Å². The molecule has 0 bridgehead atoms. The van der Waals surface area contributed by atoms with Crippen LogP contribution in [0, 0.1) is 0 Å². The number of ether oxygens (including phenoxy) is 1. The second-order valence-corrected chi connectivity index (χ2v) is 4.26. The van der Waals surface area contributed by atoms with Gasteiger partial charge in [-0.15, -0.1) is 0 Å². The summed E-state index contributed by atoms with van der Waals surface area (Å²) in [6.45, 7) is 4.21. The highest BCUT2D eigenvalue weighted by Gasteiger charge is 2.01. The second-order valence-electron chi connectivity index (χ2n) is 3.89. The Hall–Kier alpha value is -1.93. The largest absolute Gasteiger partial charge is 0.478 e. The van der Waals surface area contributed by atoms with Crippen molar-refractivity contribution in [3.63, 3.8) is 0 Å². The van der Waals surface area contributed by atoms with Crippen LogP contribution in [0.4, 0.5) is 0 Å². The van der Waals surface area contributed by atoms with Gasteiger partial charge in [-0.3, -0.25) is 0 Å². The summed E-state index contributed by atoms with van der Waals surface area (Å²) in [5.41, 5.74) is 3.14. The number of thiocarbonyl (C=S) groups is 1. The Morgan fingerprint density at radius 2 is 1.72 bits per heavy atom. The first kappa shape index (κ1) is 12.5. The van der Waals surface area contributed by atoms with Gasteiger partial charge in [0.05, 0.1) is 0 Å². The van der Waals surface area contributed by atoms with E-state index < -0.39 is 0 Å². The van der Waals surface area contributed by atoms with Crippen LogP contribution in [-0.2, 0) is 11.3 Å². The maximum absolute atomic E-state index is 5.59. The lowest BCUT2D eigenvalue weighted by Gasteiger charge is -2.07. The van der Waals surface area contributed by atoms with Crippen LogP contribution < -0.4 is 0 Å². The zero-order chi connectivity index (χ0) is 12.8. The quantitative estimate of drug-likeness (QED) is 0.755. The molecule has 0 atom stereocenters. The van der Waals surface area contributed by atoms with Crippen molar-refractivity contribution in [1.82, 2.24) is 0 Å². The molecule has 0 aromatic heterocycles. The molecule has 2 heteroatoms.